The molecule has 2 N–H and O–H groups in total. The molecule has 0 aromatic rings. The smallest absolute Gasteiger partial charge is 0.00933 e. The first-order chi connectivity index (χ1) is 6.74. The van der Waals surface area contributed by atoms with Crippen LogP contribution in [0.2, 0.25) is 0 Å². The highest BCUT2D eigenvalue weighted by Crippen LogP contribution is 2.21. The number of nitrogens with zero attached hydrogens (tertiary/aromatic N) is 1. The van der Waals surface area contributed by atoms with Crippen molar-refractivity contribution in [1.82, 2.24) is 4.90 Å². The Morgan fingerprint density at radius 1 is 1.36 bits per heavy atom. The highest BCUT2D eigenvalue weighted by molar-refractivity contribution is 4.80. The van der Waals surface area contributed by atoms with E-state index < -0.39 is 0 Å². The second-order valence-corrected chi connectivity index (χ2v) is 4.48. The van der Waals surface area contributed by atoms with Crippen LogP contribution in [0.3, 0.4) is 0 Å². The van der Waals surface area contributed by atoms with Gasteiger partial charge >= 0.3 is 0 Å². The third-order valence-corrected chi connectivity index (χ3v) is 3.28. The summed E-state index contributed by atoms with van der Waals surface area (Å²) in [6.45, 7) is 4.95. The minimum Gasteiger partial charge on any atom is -0.328 e. The van der Waals surface area contributed by atoms with Gasteiger partial charge in [0.05, 0.1) is 0 Å². The van der Waals surface area contributed by atoms with E-state index in [-0.39, 0.29) is 0 Å². The SMILES string of the molecule is C=CCCCN(C)C1CCC(N)CC1. The van der Waals surface area contributed by atoms with E-state index in [1.165, 1.54) is 38.6 Å². The number of rotatable bonds is 5. The lowest BCUT2D eigenvalue weighted by Crippen LogP contribution is -2.39. The predicted octanol–water partition coefficient (Wildman–Crippen LogP) is 2.15. The van der Waals surface area contributed by atoms with Crippen LogP contribution in [-0.2, 0) is 0 Å². The lowest BCUT2D eigenvalue weighted by Gasteiger charge is -2.33. The highest BCUT2D eigenvalue weighted by Gasteiger charge is 2.21. The van der Waals surface area contributed by atoms with E-state index in [9.17, 15) is 0 Å². The van der Waals surface area contributed by atoms with E-state index in [1.54, 1.807) is 0 Å². The van der Waals surface area contributed by atoms with Crippen LogP contribution in [0.1, 0.15) is 38.5 Å². The third-order valence-electron chi connectivity index (χ3n) is 3.28. The molecule has 0 spiro atoms. The van der Waals surface area contributed by atoms with E-state index >= 15 is 0 Å². The van der Waals surface area contributed by atoms with E-state index in [2.05, 4.69) is 18.5 Å². The highest BCUT2D eigenvalue weighted by atomic mass is 15.1. The Bertz CT molecular complexity index is 160. The van der Waals surface area contributed by atoms with E-state index in [0.29, 0.717) is 6.04 Å². The first-order valence-corrected chi connectivity index (χ1v) is 5.80. The normalized spacial score (nSPS) is 27.9. The molecule has 0 amide bonds. The maximum Gasteiger partial charge on any atom is 0.00933 e. The Morgan fingerprint density at radius 2 is 2.00 bits per heavy atom. The van der Waals surface area contributed by atoms with Gasteiger partial charge in [0.15, 0.2) is 0 Å². The van der Waals surface area contributed by atoms with Crippen LogP contribution < -0.4 is 5.73 Å². The van der Waals surface area contributed by atoms with Gasteiger partial charge in [0.1, 0.15) is 0 Å². The van der Waals surface area contributed by atoms with Gasteiger partial charge in [-0.25, -0.2) is 0 Å². The van der Waals surface area contributed by atoms with Crippen molar-refractivity contribution in [3.05, 3.63) is 12.7 Å². The molecule has 0 aromatic carbocycles. The Morgan fingerprint density at radius 3 is 2.57 bits per heavy atom. The summed E-state index contributed by atoms with van der Waals surface area (Å²) in [5.41, 5.74) is 5.89. The molecule has 82 valence electrons. The Kier molecular flexibility index (Phi) is 5.20. The molecule has 0 bridgehead atoms. The van der Waals surface area contributed by atoms with Crippen molar-refractivity contribution in [3.63, 3.8) is 0 Å². The molecule has 2 nitrogen and oxygen atoms in total. The fraction of sp³-hybridized carbons (Fsp3) is 0.833. The third kappa shape index (κ3) is 3.81. The topological polar surface area (TPSA) is 29.3 Å². The van der Waals surface area contributed by atoms with Crippen LogP contribution in [0.4, 0.5) is 0 Å². The van der Waals surface area contributed by atoms with Crippen molar-refractivity contribution in [3.8, 4) is 0 Å². The molecule has 0 heterocycles. The van der Waals surface area contributed by atoms with Crippen LogP contribution in [0.5, 0.6) is 0 Å². The second kappa shape index (κ2) is 6.20. The van der Waals surface area contributed by atoms with E-state index in [4.69, 9.17) is 5.73 Å². The van der Waals surface area contributed by atoms with Crippen molar-refractivity contribution < 1.29 is 0 Å². The van der Waals surface area contributed by atoms with Gasteiger partial charge in [-0.2, -0.15) is 0 Å². The van der Waals surface area contributed by atoms with Gasteiger partial charge in [0, 0.05) is 12.1 Å². The number of hydrogen-bond donors (Lipinski definition) is 1. The van der Waals surface area contributed by atoms with Crippen molar-refractivity contribution in [2.75, 3.05) is 13.6 Å². The number of hydrogen-bond acceptors (Lipinski definition) is 2. The Balaban J connectivity index is 2.16. The fourth-order valence-electron chi connectivity index (χ4n) is 2.21. The quantitative estimate of drug-likeness (QED) is 0.539. The molecule has 2 heteroatoms. The molecule has 0 aliphatic heterocycles. The van der Waals surface area contributed by atoms with Crippen LogP contribution in [0, 0.1) is 0 Å². The molecule has 0 saturated heterocycles. The molecule has 1 fully saturated rings. The number of unbranched alkanes of at least 4 members (excludes halogenated alkanes) is 1. The first-order valence-electron chi connectivity index (χ1n) is 5.80. The molecular weight excluding hydrogens is 172 g/mol. The summed E-state index contributed by atoms with van der Waals surface area (Å²) >= 11 is 0. The maximum absolute atomic E-state index is 5.89. The summed E-state index contributed by atoms with van der Waals surface area (Å²) in [6, 6.07) is 1.24. The van der Waals surface area contributed by atoms with E-state index in [0.717, 1.165) is 12.5 Å². The lowest BCUT2D eigenvalue weighted by molar-refractivity contribution is 0.182. The summed E-state index contributed by atoms with van der Waals surface area (Å²) in [6.07, 6.45) is 9.36. The van der Waals surface area contributed by atoms with Crippen molar-refractivity contribution in [1.29, 1.82) is 0 Å². The van der Waals surface area contributed by atoms with Gasteiger partial charge in [0.2, 0.25) is 0 Å². The van der Waals surface area contributed by atoms with Crippen molar-refractivity contribution >= 4 is 0 Å². The van der Waals surface area contributed by atoms with Gasteiger partial charge in [-0.15, -0.1) is 6.58 Å². The van der Waals surface area contributed by atoms with Crippen LogP contribution in [-0.4, -0.2) is 30.6 Å². The summed E-state index contributed by atoms with van der Waals surface area (Å²) in [4.78, 5) is 2.50. The van der Waals surface area contributed by atoms with Crippen LogP contribution in [0.15, 0.2) is 12.7 Å². The molecule has 14 heavy (non-hydrogen) atoms. The zero-order valence-electron chi connectivity index (χ0n) is 9.41. The Hall–Kier alpha value is -0.340. The minimum atomic E-state index is 0.466. The monoisotopic (exact) mass is 196 g/mol. The molecular formula is C12H24N2. The molecule has 0 aromatic heterocycles. The molecule has 1 rings (SSSR count). The number of nitrogens with two attached hydrogens (primary N) is 1. The lowest BCUT2D eigenvalue weighted by atomic mass is 9.91. The van der Waals surface area contributed by atoms with Crippen molar-refractivity contribution in [2.45, 2.75) is 50.6 Å². The fourth-order valence-corrected chi connectivity index (χ4v) is 2.21. The van der Waals surface area contributed by atoms with E-state index in [1.807, 2.05) is 6.08 Å². The average molecular weight is 196 g/mol. The molecule has 0 atom stereocenters. The average Bonchev–Trinajstić information content (AvgIpc) is 2.19. The maximum atomic E-state index is 5.89. The Labute approximate surface area is 88.2 Å². The van der Waals surface area contributed by atoms with Gasteiger partial charge in [-0.05, 0) is 52.1 Å². The van der Waals surface area contributed by atoms with Gasteiger partial charge in [0.25, 0.3) is 0 Å². The number of allylic oxidation sites excluding steroid dienone is 1. The van der Waals surface area contributed by atoms with Gasteiger partial charge < -0.3 is 10.6 Å². The molecule has 1 aliphatic carbocycles. The zero-order valence-corrected chi connectivity index (χ0v) is 9.41. The van der Waals surface area contributed by atoms with Crippen LogP contribution in [0.25, 0.3) is 0 Å². The zero-order chi connectivity index (χ0) is 10.4. The van der Waals surface area contributed by atoms with Crippen LogP contribution >= 0.6 is 0 Å². The summed E-state index contributed by atoms with van der Waals surface area (Å²) < 4.78 is 0. The van der Waals surface area contributed by atoms with Gasteiger partial charge in [-0.3, -0.25) is 0 Å². The molecule has 0 radical (unpaired) electrons. The minimum absolute atomic E-state index is 0.466. The predicted molar refractivity (Wildman–Crippen MR) is 62.3 cm³/mol. The summed E-state index contributed by atoms with van der Waals surface area (Å²) in [5, 5.41) is 0. The first kappa shape index (κ1) is 11.7. The largest absolute Gasteiger partial charge is 0.328 e. The van der Waals surface area contributed by atoms with Crippen molar-refractivity contribution in [2.24, 2.45) is 5.73 Å². The molecule has 1 saturated carbocycles. The molecule has 1 aliphatic rings. The second-order valence-electron chi connectivity index (χ2n) is 4.48. The summed E-state index contributed by atoms with van der Waals surface area (Å²) in [7, 11) is 2.24. The summed E-state index contributed by atoms with van der Waals surface area (Å²) in [5.74, 6) is 0. The molecule has 0 unspecified atom stereocenters. The standard InChI is InChI=1S/C12H24N2/c1-3-4-5-10-14(2)12-8-6-11(13)7-9-12/h3,11-12H,1,4-10,13H2,2H3. The van der Waals surface area contributed by atoms with Gasteiger partial charge in [-0.1, -0.05) is 6.08 Å².